The number of aromatic amines is 1. The minimum Gasteiger partial charge on any atom is -0.355 e. The molecule has 2 atom stereocenters. The van der Waals surface area contributed by atoms with Crippen LogP contribution in [-0.4, -0.2) is 40.6 Å². The normalized spacial score (nSPS) is 25.3. The minimum atomic E-state index is -0.153. The summed E-state index contributed by atoms with van der Waals surface area (Å²) < 4.78 is 0. The van der Waals surface area contributed by atoms with Gasteiger partial charge < -0.3 is 4.98 Å². The molecule has 1 N–H and O–H groups in total. The largest absolute Gasteiger partial charge is 0.355 e. The highest BCUT2D eigenvalue weighted by Crippen LogP contribution is 2.41. The van der Waals surface area contributed by atoms with Crippen LogP contribution in [0.25, 0.3) is 0 Å². The maximum absolute atomic E-state index is 13.1. The van der Waals surface area contributed by atoms with Gasteiger partial charge >= 0.3 is 0 Å². The number of H-pyrrole nitrogens is 1. The fraction of sp³-hybridized carbons (Fsp3) is 0.619. The molecule has 0 saturated carbocycles. The highest BCUT2D eigenvalue weighted by Gasteiger charge is 2.38. The van der Waals surface area contributed by atoms with E-state index in [-0.39, 0.29) is 17.6 Å². The van der Waals surface area contributed by atoms with E-state index in [1.54, 1.807) is 6.92 Å². The van der Waals surface area contributed by atoms with Crippen molar-refractivity contribution in [2.75, 3.05) is 13.1 Å². The third-order valence-electron chi connectivity index (χ3n) is 6.21. The summed E-state index contributed by atoms with van der Waals surface area (Å²) in [6.07, 6.45) is 10.6. The zero-order chi connectivity index (χ0) is 18.2. The van der Waals surface area contributed by atoms with Crippen molar-refractivity contribution in [1.29, 1.82) is 0 Å². The summed E-state index contributed by atoms with van der Waals surface area (Å²) in [6.45, 7) is 9.31. The Morgan fingerprint density at radius 1 is 1.24 bits per heavy atom. The lowest BCUT2D eigenvalue weighted by Gasteiger charge is -2.45. The van der Waals surface area contributed by atoms with Crippen LogP contribution >= 0.6 is 0 Å². The van der Waals surface area contributed by atoms with Gasteiger partial charge in [0, 0.05) is 17.8 Å². The molecule has 0 radical (unpaired) electrons. The van der Waals surface area contributed by atoms with Crippen LogP contribution in [0, 0.1) is 19.3 Å². The Bertz CT molecular complexity index is 716. The molecule has 1 saturated heterocycles. The van der Waals surface area contributed by atoms with Crippen LogP contribution in [0.15, 0.2) is 12.2 Å². The molecule has 1 spiro atoms. The van der Waals surface area contributed by atoms with Crippen molar-refractivity contribution in [3.8, 4) is 0 Å². The van der Waals surface area contributed by atoms with E-state index >= 15 is 0 Å². The summed E-state index contributed by atoms with van der Waals surface area (Å²) in [6, 6.07) is -0.153. The number of carbonyl (C=O) groups is 2. The Morgan fingerprint density at radius 2 is 2.00 bits per heavy atom. The second kappa shape index (κ2) is 6.91. The molecule has 4 nitrogen and oxygen atoms in total. The first-order valence-electron chi connectivity index (χ1n) is 9.48. The number of Topliss-reactive ketones (excluding diaryl/α,β-unsaturated/α-hetero) is 2. The quantitative estimate of drug-likeness (QED) is 0.658. The number of carbonyl (C=O) groups excluding carboxylic acids is 2. The topological polar surface area (TPSA) is 53.2 Å². The Kier molecular flexibility index (Phi) is 5.01. The number of nitrogens with one attached hydrogen (secondary N) is 1. The molecule has 0 unspecified atom stereocenters. The van der Waals surface area contributed by atoms with Crippen LogP contribution in [0.1, 0.15) is 78.1 Å². The summed E-state index contributed by atoms with van der Waals surface area (Å²) in [5.41, 5.74) is 3.23. The fourth-order valence-electron chi connectivity index (χ4n) is 4.79. The number of hydrogen-bond acceptors (Lipinski definition) is 3. The number of ketones is 2. The molecule has 2 heterocycles. The van der Waals surface area contributed by atoms with E-state index in [2.05, 4.69) is 22.0 Å². The molecule has 1 fully saturated rings. The average Bonchev–Trinajstić information content (AvgIpc) is 2.89. The van der Waals surface area contributed by atoms with E-state index in [1.807, 2.05) is 20.8 Å². The van der Waals surface area contributed by atoms with E-state index in [0.29, 0.717) is 16.7 Å². The second-order valence-electron chi connectivity index (χ2n) is 8.01. The van der Waals surface area contributed by atoms with Crippen LogP contribution in [0.5, 0.6) is 0 Å². The Morgan fingerprint density at radius 3 is 2.60 bits per heavy atom. The number of allylic oxidation sites excluding steroid dienone is 2. The van der Waals surface area contributed by atoms with Crippen molar-refractivity contribution >= 4 is 11.6 Å². The lowest BCUT2D eigenvalue weighted by atomic mass is 9.71. The maximum atomic E-state index is 13.1. The molecule has 136 valence electrons. The predicted octanol–water partition coefficient (Wildman–Crippen LogP) is 4.23. The Balaban J connectivity index is 1.80. The number of aromatic nitrogens is 1. The summed E-state index contributed by atoms with van der Waals surface area (Å²) in [4.78, 5) is 30.5. The summed E-state index contributed by atoms with van der Waals surface area (Å²) in [5, 5.41) is 0. The highest BCUT2D eigenvalue weighted by molar-refractivity contribution is 6.05. The zero-order valence-electron chi connectivity index (χ0n) is 15.9. The van der Waals surface area contributed by atoms with Crippen LogP contribution in [0.4, 0.5) is 0 Å². The number of likely N-dealkylation sites (tertiary alicyclic amines) is 1. The minimum absolute atomic E-state index is 0.0175. The molecule has 25 heavy (non-hydrogen) atoms. The molecule has 0 aromatic carbocycles. The maximum Gasteiger partial charge on any atom is 0.196 e. The van der Waals surface area contributed by atoms with Crippen molar-refractivity contribution in [2.24, 2.45) is 5.41 Å². The van der Waals surface area contributed by atoms with Crippen molar-refractivity contribution in [1.82, 2.24) is 9.88 Å². The molecule has 1 aromatic heterocycles. The molecule has 1 aliphatic heterocycles. The van der Waals surface area contributed by atoms with Gasteiger partial charge in [-0.2, -0.15) is 0 Å². The fourth-order valence-corrected chi connectivity index (χ4v) is 4.79. The van der Waals surface area contributed by atoms with E-state index in [0.717, 1.165) is 43.6 Å². The molecular formula is C21H30N2O2. The standard InChI is InChI=1S/C21H30N2O2/c1-14-18(17(4)24)15(2)22-19(14)20(25)16(3)23-12-8-11-21(13-23)9-6-5-7-10-21/h5-6,16,22H,7-13H2,1-4H3/t16-,21-/m0/s1. The second-order valence-corrected chi connectivity index (χ2v) is 8.01. The lowest BCUT2D eigenvalue weighted by molar-refractivity contribution is 0.0460. The molecule has 4 heteroatoms. The van der Waals surface area contributed by atoms with Gasteiger partial charge in [0.25, 0.3) is 0 Å². The first kappa shape index (κ1) is 18.1. The van der Waals surface area contributed by atoms with Crippen molar-refractivity contribution < 1.29 is 9.59 Å². The molecule has 1 aliphatic carbocycles. The van der Waals surface area contributed by atoms with Gasteiger partial charge in [-0.05, 0) is 77.3 Å². The van der Waals surface area contributed by atoms with Gasteiger partial charge in [-0.25, -0.2) is 0 Å². The average molecular weight is 342 g/mol. The number of aryl methyl sites for hydroxylation is 1. The van der Waals surface area contributed by atoms with Crippen molar-refractivity contribution in [2.45, 2.75) is 65.8 Å². The van der Waals surface area contributed by atoms with Gasteiger partial charge in [0.1, 0.15) is 0 Å². The van der Waals surface area contributed by atoms with Gasteiger partial charge in [0.05, 0.1) is 11.7 Å². The van der Waals surface area contributed by atoms with E-state index in [4.69, 9.17) is 0 Å². The number of hydrogen-bond donors (Lipinski definition) is 1. The smallest absolute Gasteiger partial charge is 0.196 e. The summed E-state index contributed by atoms with van der Waals surface area (Å²) in [5.74, 6) is 0.125. The first-order valence-corrected chi connectivity index (χ1v) is 9.48. The van der Waals surface area contributed by atoms with Gasteiger partial charge in [-0.3, -0.25) is 14.5 Å². The molecule has 0 bridgehead atoms. The third-order valence-corrected chi connectivity index (χ3v) is 6.21. The zero-order valence-corrected chi connectivity index (χ0v) is 15.9. The predicted molar refractivity (Wildman–Crippen MR) is 100 cm³/mol. The van der Waals surface area contributed by atoms with Gasteiger partial charge in [-0.15, -0.1) is 0 Å². The van der Waals surface area contributed by atoms with E-state index < -0.39 is 0 Å². The molecule has 2 aliphatic rings. The Hall–Kier alpha value is -1.68. The molecular weight excluding hydrogens is 312 g/mol. The van der Waals surface area contributed by atoms with Gasteiger partial charge in [0.2, 0.25) is 0 Å². The molecule has 0 amide bonds. The summed E-state index contributed by atoms with van der Waals surface area (Å²) >= 11 is 0. The van der Waals surface area contributed by atoms with Gasteiger partial charge in [-0.1, -0.05) is 12.2 Å². The third kappa shape index (κ3) is 3.37. The SMILES string of the molecule is CC(=O)c1c(C)[nH]c(C(=O)[C@H](C)N2CCC[C@@]3(CC=CCC3)C2)c1C. The lowest BCUT2D eigenvalue weighted by Crippen LogP contribution is -2.50. The van der Waals surface area contributed by atoms with E-state index in [9.17, 15) is 9.59 Å². The van der Waals surface area contributed by atoms with E-state index in [1.165, 1.54) is 12.8 Å². The van der Waals surface area contributed by atoms with Gasteiger partial charge in [0.15, 0.2) is 11.6 Å². The molecule has 1 aromatic rings. The molecule has 3 rings (SSSR count). The number of rotatable bonds is 4. The summed E-state index contributed by atoms with van der Waals surface area (Å²) in [7, 11) is 0. The van der Waals surface area contributed by atoms with Crippen molar-refractivity contribution in [3.05, 3.63) is 34.7 Å². The van der Waals surface area contributed by atoms with Crippen LogP contribution in [0.3, 0.4) is 0 Å². The first-order chi connectivity index (χ1) is 11.8. The van der Waals surface area contributed by atoms with Crippen molar-refractivity contribution in [3.63, 3.8) is 0 Å². The van der Waals surface area contributed by atoms with Crippen LogP contribution in [0.2, 0.25) is 0 Å². The monoisotopic (exact) mass is 342 g/mol. The van der Waals surface area contributed by atoms with Crippen LogP contribution in [-0.2, 0) is 0 Å². The Labute approximate surface area is 150 Å². The highest BCUT2D eigenvalue weighted by atomic mass is 16.1. The number of piperidine rings is 1. The number of nitrogens with zero attached hydrogens (tertiary/aromatic N) is 1. The van der Waals surface area contributed by atoms with Crippen LogP contribution < -0.4 is 0 Å².